The minimum Gasteiger partial charge on any atom is -0.454 e. The van der Waals surface area contributed by atoms with E-state index < -0.39 is 0 Å². The third-order valence-corrected chi connectivity index (χ3v) is 4.28. The molecule has 1 aliphatic rings. The van der Waals surface area contributed by atoms with Crippen molar-refractivity contribution in [3.8, 4) is 11.5 Å². The standard InChI is InChI=1S/C20H14ClNO/c21-19(14-8-2-1-3-9-14)20-15-10-4-6-12-17(15)23-18-13-7-5-11-16(18)22-20/h1-13,19H. The Hall–Kier alpha value is -2.58. The zero-order chi connectivity index (χ0) is 15.6. The third-order valence-electron chi connectivity index (χ3n) is 3.82. The van der Waals surface area contributed by atoms with Gasteiger partial charge in [-0.05, 0) is 29.8 Å². The number of aliphatic imine (C=N–C) groups is 1. The molecule has 1 atom stereocenters. The van der Waals surface area contributed by atoms with Gasteiger partial charge in [0.25, 0.3) is 0 Å². The van der Waals surface area contributed by atoms with E-state index in [2.05, 4.69) is 0 Å². The maximum atomic E-state index is 6.77. The van der Waals surface area contributed by atoms with Gasteiger partial charge in [-0.2, -0.15) is 0 Å². The van der Waals surface area contributed by atoms with Crippen LogP contribution in [0, 0.1) is 0 Å². The number of hydrogen-bond donors (Lipinski definition) is 0. The van der Waals surface area contributed by atoms with Crippen molar-refractivity contribution in [2.45, 2.75) is 5.38 Å². The van der Waals surface area contributed by atoms with Crippen molar-refractivity contribution in [2.24, 2.45) is 4.99 Å². The van der Waals surface area contributed by atoms with Crippen LogP contribution in [-0.4, -0.2) is 5.71 Å². The van der Waals surface area contributed by atoms with Gasteiger partial charge in [-0.3, -0.25) is 0 Å². The highest BCUT2D eigenvalue weighted by molar-refractivity contribution is 6.35. The molecule has 3 heteroatoms. The lowest BCUT2D eigenvalue weighted by molar-refractivity contribution is 0.485. The van der Waals surface area contributed by atoms with E-state index >= 15 is 0 Å². The molecule has 4 rings (SSSR count). The Kier molecular flexibility index (Phi) is 3.60. The number of nitrogens with zero attached hydrogens (tertiary/aromatic N) is 1. The number of para-hydroxylation sites is 3. The van der Waals surface area contributed by atoms with Gasteiger partial charge < -0.3 is 4.74 Å². The minimum absolute atomic E-state index is 0.341. The molecule has 0 spiro atoms. The predicted octanol–water partition coefficient (Wildman–Crippen LogP) is 5.89. The van der Waals surface area contributed by atoms with Crippen molar-refractivity contribution in [3.63, 3.8) is 0 Å². The molecule has 0 aromatic heterocycles. The summed E-state index contributed by atoms with van der Waals surface area (Å²) in [7, 11) is 0. The second-order valence-corrected chi connectivity index (χ2v) is 5.77. The van der Waals surface area contributed by atoms with Gasteiger partial charge in [0.15, 0.2) is 5.75 Å². The number of alkyl halides is 1. The van der Waals surface area contributed by atoms with E-state index in [-0.39, 0.29) is 5.38 Å². The molecule has 0 N–H and O–H groups in total. The lowest BCUT2D eigenvalue weighted by Gasteiger charge is -2.14. The van der Waals surface area contributed by atoms with E-state index in [0.717, 1.165) is 34.0 Å². The van der Waals surface area contributed by atoms with Gasteiger partial charge in [-0.1, -0.05) is 54.6 Å². The molecule has 2 nitrogen and oxygen atoms in total. The largest absolute Gasteiger partial charge is 0.454 e. The number of fused-ring (bicyclic) bond motifs is 2. The summed E-state index contributed by atoms with van der Waals surface area (Å²) < 4.78 is 6.05. The van der Waals surface area contributed by atoms with Crippen molar-refractivity contribution >= 4 is 23.0 Å². The quantitative estimate of drug-likeness (QED) is 0.539. The first kappa shape index (κ1) is 14.0. The minimum atomic E-state index is -0.341. The van der Waals surface area contributed by atoms with E-state index in [9.17, 15) is 0 Å². The molecule has 1 unspecified atom stereocenters. The number of hydrogen-bond acceptors (Lipinski definition) is 2. The average molecular weight is 320 g/mol. The topological polar surface area (TPSA) is 21.6 Å². The Bertz CT molecular complexity index is 874. The van der Waals surface area contributed by atoms with Crippen molar-refractivity contribution in [1.29, 1.82) is 0 Å². The predicted molar refractivity (Wildman–Crippen MR) is 94.2 cm³/mol. The lowest BCUT2D eigenvalue weighted by atomic mass is 10.0. The Morgan fingerprint density at radius 3 is 2.22 bits per heavy atom. The maximum absolute atomic E-state index is 6.77. The van der Waals surface area contributed by atoms with Crippen LogP contribution < -0.4 is 4.74 Å². The van der Waals surface area contributed by atoms with E-state index in [1.165, 1.54) is 0 Å². The van der Waals surface area contributed by atoms with Crippen LogP contribution in [0.15, 0.2) is 83.9 Å². The second-order valence-electron chi connectivity index (χ2n) is 5.34. The molecule has 3 aromatic carbocycles. The summed E-state index contributed by atoms with van der Waals surface area (Å²) in [6.07, 6.45) is 0. The molecule has 0 amide bonds. The zero-order valence-electron chi connectivity index (χ0n) is 12.3. The van der Waals surface area contributed by atoms with Crippen LogP contribution in [0.4, 0.5) is 5.69 Å². The van der Waals surface area contributed by atoms with Crippen LogP contribution in [-0.2, 0) is 0 Å². The van der Waals surface area contributed by atoms with Crippen molar-refractivity contribution in [3.05, 3.63) is 90.0 Å². The highest BCUT2D eigenvalue weighted by atomic mass is 35.5. The number of halogens is 1. The van der Waals surface area contributed by atoms with Crippen LogP contribution in [0.1, 0.15) is 16.5 Å². The number of rotatable bonds is 2. The van der Waals surface area contributed by atoms with Crippen molar-refractivity contribution in [1.82, 2.24) is 0 Å². The van der Waals surface area contributed by atoms with E-state index in [4.69, 9.17) is 21.3 Å². The first-order valence-corrected chi connectivity index (χ1v) is 7.90. The molecule has 0 radical (unpaired) electrons. The van der Waals surface area contributed by atoms with Crippen molar-refractivity contribution < 1.29 is 4.74 Å². The van der Waals surface area contributed by atoms with Gasteiger partial charge in [-0.15, -0.1) is 11.6 Å². The van der Waals surface area contributed by atoms with Gasteiger partial charge in [0.2, 0.25) is 0 Å². The highest BCUT2D eigenvalue weighted by Gasteiger charge is 2.24. The Labute approximate surface area is 140 Å². The van der Waals surface area contributed by atoms with E-state index in [1.54, 1.807) is 0 Å². The Morgan fingerprint density at radius 2 is 1.39 bits per heavy atom. The summed E-state index contributed by atoms with van der Waals surface area (Å²) in [5.41, 5.74) is 3.54. The molecule has 0 fully saturated rings. The zero-order valence-corrected chi connectivity index (χ0v) is 13.1. The third kappa shape index (κ3) is 2.62. The Morgan fingerprint density at radius 1 is 0.739 bits per heavy atom. The fourth-order valence-corrected chi connectivity index (χ4v) is 3.00. The SMILES string of the molecule is ClC(C1=Nc2ccccc2Oc2ccccc21)c1ccccc1. The van der Waals surface area contributed by atoms with E-state index in [0.29, 0.717) is 0 Å². The summed E-state index contributed by atoms with van der Waals surface area (Å²) in [4.78, 5) is 4.82. The summed E-state index contributed by atoms with van der Waals surface area (Å²) in [5.74, 6) is 1.52. The molecule has 0 saturated heterocycles. The van der Waals surface area contributed by atoms with Crippen LogP contribution >= 0.6 is 11.6 Å². The molecular formula is C20H14ClNO. The van der Waals surface area contributed by atoms with Crippen molar-refractivity contribution in [2.75, 3.05) is 0 Å². The van der Waals surface area contributed by atoms with Gasteiger partial charge >= 0.3 is 0 Å². The highest BCUT2D eigenvalue weighted by Crippen LogP contribution is 2.40. The summed E-state index contributed by atoms with van der Waals surface area (Å²) in [6.45, 7) is 0. The number of benzene rings is 3. The van der Waals surface area contributed by atoms with Crippen LogP contribution in [0.25, 0.3) is 0 Å². The van der Waals surface area contributed by atoms with Crippen LogP contribution in [0.3, 0.4) is 0 Å². The molecule has 112 valence electrons. The molecule has 1 heterocycles. The fraction of sp³-hybridized carbons (Fsp3) is 0.0500. The molecule has 23 heavy (non-hydrogen) atoms. The Balaban J connectivity index is 1.91. The monoisotopic (exact) mass is 319 g/mol. The lowest BCUT2D eigenvalue weighted by Crippen LogP contribution is -2.09. The summed E-state index contributed by atoms with van der Waals surface area (Å²) >= 11 is 6.77. The van der Waals surface area contributed by atoms with Gasteiger partial charge in [0.1, 0.15) is 16.8 Å². The smallest absolute Gasteiger partial charge is 0.153 e. The molecule has 3 aromatic rings. The fourth-order valence-electron chi connectivity index (χ4n) is 2.68. The average Bonchev–Trinajstić information content (AvgIpc) is 2.78. The molecule has 0 aliphatic carbocycles. The summed E-state index contributed by atoms with van der Waals surface area (Å²) in [6, 6.07) is 25.6. The first-order chi connectivity index (χ1) is 11.3. The molecular weight excluding hydrogens is 306 g/mol. The van der Waals surface area contributed by atoms with E-state index in [1.807, 2.05) is 78.9 Å². The molecule has 0 saturated carbocycles. The van der Waals surface area contributed by atoms with Gasteiger partial charge in [0.05, 0.1) is 5.71 Å². The van der Waals surface area contributed by atoms with Gasteiger partial charge in [0, 0.05) is 5.56 Å². The van der Waals surface area contributed by atoms with Crippen LogP contribution in [0.2, 0.25) is 0 Å². The first-order valence-electron chi connectivity index (χ1n) is 7.47. The molecule has 0 bridgehead atoms. The second kappa shape index (κ2) is 5.90. The maximum Gasteiger partial charge on any atom is 0.153 e. The normalized spacial score (nSPS) is 13.9. The summed E-state index contributed by atoms with van der Waals surface area (Å²) in [5, 5.41) is -0.341. The van der Waals surface area contributed by atoms with Gasteiger partial charge in [-0.25, -0.2) is 4.99 Å². The van der Waals surface area contributed by atoms with Crippen LogP contribution in [0.5, 0.6) is 11.5 Å². The molecule has 1 aliphatic heterocycles. The number of ether oxygens (including phenoxy) is 1.